The summed E-state index contributed by atoms with van der Waals surface area (Å²) in [6, 6.07) is 18.7. The third kappa shape index (κ3) is 6.69. The monoisotopic (exact) mass is 542 g/mol. The van der Waals surface area contributed by atoms with Gasteiger partial charge in [0.25, 0.3) is 10.0 Å². The third-order valence-corrected chi connectivity index (χ3v) is 7.61. The Kier molecular flexibility index (Phi) is 9.11. The summed E-state index contributed by atoms with van der Waals surface area (Å²) in [5.41, 5.74) is 0.551. The summed E-state index contributed by atoms with van der Waals surface area (Å²) >= 11 is 0. The van der Waals surface area contributed by atoms with E-state index in [1.165, 1.54) is 52.7 Å². The number of sulfonamides is 1. The lowest BCUT2D eigenvalue weighted by molar-refractivity contribution is -0.121. The van der Waals surface area contributed by atoms with Crippen LogP contribution in [-0.2, 0) is 21.2 Å². The summed E-state index contributed by atoms with van der Waals surface area (Å²) in [5, 5.41) is 2.97. The lowest BCUT2D eigenvalue weighted by Gasteiger charge is -2.30. The van der Waals surface area contributed by atoms with Crippen LogP contribution < -0.4 is 28.6 Å². The SMILES string of the molecule is COc1ccc(OC)c(N(CC(=O)NC(C)(C)Cc2ccccc2)S(=O)(=O)c2ccc(OC)c(OC)c2)c1. The molecule has 0 aliphatic carbocycles. The largest absolute Gasteiger partial charge is 0.497 e. The predicted molar refractivity (Wildman–Crippen MR) is 146 cm³/mol. The fourth-order valence-corrected chi connectivity index (χ4v) is 5.53. The molecule has 0 fully saturated rings. The molecule has 3 aromatic carbocycles. The Labute approximate surface area is 224 Å². The van der Waals surface area contributed by atoms with E-state index in [4.69, 9.17) is 18.9 Å². The van der Waals surface area contributed by atoms with E-state index >= 15 is 0 Å². The van der Waals surface area contributed by atoms with Crippen LogP contribution in [0, 0.1) is 0 Å². The van der Waals surface area contributed by atoms with Gasteiger partial charge in [-0.15, -0.1) is 0 Å². The van der Waals surface area contributed by atoms with Gasteiger partial charge in [-0.3, -0.25) is 9.10 Å². The van der Waals surface area contributed by atoms with Crippen molar-refractivity contribution in [3.63, 3.8) is 0 Å². The molecule has 0 saturated heterocycles. The molecule has 0 radical (unpaired) electrons. The van der Waals surface area contributed by atoms with Crippen molar-refractivity contribution >= 4 is 21.6 Å². The highest BCUT2D eigenvalue weighted by atomic mass is 32.2. The zero-order valence-electron chi connectivity index (χ0n) is 22.5. The van der Waals surface area contributed by atoms with E-state index in [0.29, 0.717) is 17.9 Å². The number of hydrogen-bond acceptors (Lipinski definition) is 7. The first kappa shape index (κ1) is 28.6. The van der Waals surface area contributed by atoms with Crippen molar-refractivity contribution < 1.29 is 32.2 Å². The molecule has 3 rings (SSSR count). The zero-order valence-corrected chi connectivity index (χ0v) is 23.3. The van der Waals surface area contributed by atoms with E-state index < -0.39 is 28.0 Å². The van der Waals surface area contributed by atoms with Crippen molar-refractivity contribution in [1.29, 1.82) is 0 Å². The maximum absolute atomic E-state index is 14.0. The lowest BCUT2D eigenvalue weighted by atomic mass is 9.95. The van der Waals surface area contributed by atoms with Crippen LogP contribution in [0.25, 0.3) is 0 Å². The number of hydrogen-bond donors (Lipinski definition) is 1. The highest BCUT2D eigenvalue weighted by Crippen LogP contribution is 2.37. The van der Waals surface area contributed by atoms with Gasteiger partial charge < -0.3 is 24.3 Å². The Morgan fingerprint density at radius 1 is 0.816 bits per heavy atom. The Hall–Kier alpha value is -3.92. The molecule has 204 valence electrons. The standard InChI is InChI=1S/C28H34N2O7S/c1-28(2,18-20-10-8-7-9-11-20)29-27(31)19-30(23-16-21(34-3)12-14-24(23)35-4)38(32,33)22-13-15-25(36-5)26(17-22)37-6/h7-17H,18-19H2,1-6H3,(H,29,31). The molecule has 1 amide bonds. The number of carbonyl (C=O) groups is 1. The summed E-state index contributed by atoms with van der Waals surface area (Å²) in [6.45, 7) is 3.27. The molecule has 3 aromatic rings. The Morgan fingerprint density at radius 3 is 2.05 bits per heavy atom. The molecule has 1 N–H and O–H groups in total. The molecule has 38 heavy (non-hydrogen) atoms. The number of nitrogens with zero attached hydrogens (tertiary/aromatic N) is 1. The van der Waals surface area contributed by atoms with Gasteiger partial charge in [0, 0.05) is 17.7 Å². The van der Waals surface area contributed by atoms with E-state index in [-0.39, 0.29) is 22.1 Å². The quantitative estimate of drug-likeness (QED) is 0.368. The molecule has 0 spiro atoms. The van der Waals surface area contributed by atoms with Crippen molar-refractivity contribution in [3.05, 3.63) is 72.3 Å². The molecule has 0 aliphatic heterocycles. The van der Waals surface area contributed by atoms with Crippen molar-refractivity contribution in [2.24, 2.45) is 0 Å². The van der Waals surface area contributed by atoms with Crippen LogP contribution in [0.2, 0.25) is 0 Å². The number of ether oxygens (including phenoxy) is 4. The molecule has 0 aromatic heterocycles. The van der Waals surface area contributed by atoms with Gasteiger partial charge in [0.1, 0.15) is 18.0 Å². The molecule has 0 heterocycles. The second kappa shape index (κ2) is 12.1. The summed E-state index contributed by atoms with van der Waals surface area (Å²) in [4.78, 5) is 13.3. The molecule has 0 aliphatic rings. The topological polar surface area (TPSA) is 103 Å². The van der Waals surface area contributed by atoms with Crippen molar-refractivity contribution in [2.45, 2.75) is 30.7 Å². The summed E-state index contributed by atoms with van der Waals surface area (Å²) in [5.74, 6) is 0.779. The molecule has 0 bridgehead atoms. The Morgan fingerprint density at radius 2 is 1.45 bits per heavy atom. The summed E-state index contributed by atoms with van der Waals surface area (Å²) in [6.07, 6.45) is 0.560. The van der Waals surface area contributed by atoms with E-state index in [1.54, 1.807) is 12.1 Å². The van der Waals surface area contributed by atoms with Gasteiger partial charge in [-0.05, 0) is 50.1 Å². The van der Waals surface area contributed by atoms with Crippen LogP contribution in [0.15, 0.2) is 71.6 Å². The molecule has 0 unspecified atom stereocenters. The second-order valence-electron chi connectivity index (χ2n) is 9.16. The van der Waals surface area contributed by atoms with Gasteiger partial charge in [-0.1, -0.05) is 30.3 Å². The van der Waals surface area contributed by atoms with Gasteiger partial charge in [0.05, 0.1) is 39.0 Å². The maximum Gasteiger partial charge on any atom is 0.265 e. The van der Waals surface area contributed by atoms with Crippen molar-refractivity contribution in [2.75, 3.05) is 39.3 Å². The molecular weight excluding hydrogens is 508 g/mol. The minimum absolute atomic E-state index is 0.0867. The van der Waals surface area contributed by atoms with Crippen LogP contribution >= 0.6 is 0 Å². The van der Waals surface area contributed by atoms with Crippen molar-refractivity contribution in [1.82, 2.24) is 5.32 Å². The average Bonchev–Trinajstić information content (AvgIpc) is 2.90. The molecule has 0 saturated carbocycles. The minimum atomic E-state index is -4.28. The molecule has 9 nitrogen and oxygen atoms in total. The number of benzene rings is 3. The average molecular weight is 543 g/mol. The van der Waals surface area contributed by atoms with E-state index in [2.05, 4.69) is 5.32 Å². The van der Waals surface area contributed by atoms with Crippen LogP contribution in [0.1, 0.15) is 19.4 Å². The first-order valence-corrected chi connectivity index (χ1v) is 13.3. The number of methoxy groups -OCH3 is 4. The second-order valence-corrected chi connectivity index (χ2v) is 11.0. The third-order valence-electron chi connectivity index (χ3n) is 5.85. The number of carbonyl (C=O) groups excluding carboxylic acids is 1. The van der Waals surface area contributed by atoms with Crippen molar-refractivity contribution in [3.8, 4) is 23.0 Å². The fourth-order valence-electron chi connectivity index (χ4n) is 4.09. The first-order chi connectivity index (χ1) is 18.0. The van der Waals surface area contributed by atoms with Gasteiger partial charge in [-0.25, -0.2) is 8.42 Å². The Bertz CT molecular complexity index is 1360. The highest BCUT2D eigenvalue weighted by molar-refractivity contribution is 7.92. The van der Waals surface area contributed by atoms with Crippen LogP contribution in [0.4, 0.5) is 5.69 Å². The predicted octanol–water partition coefficient (Wildman–Crippen LogP) is 4.05. The lowest BCUT2D eigenvalue weighted by Crippen LogP contribution is -2.50. The van der Waals surface area contributed by atoms with Gasteiger partial charge in [0.15, 0.2) is 11.5 Å². The van der Waals surface area contributed by atoms with Crippen LogP contribution in [-0.4, -0.2) is 54.8 Å². The normalized spacial score (nSPS) is 11.4. The molecule has 10 heteroatoms. The van der Waals surface area contributed by atoms with E-state index in [1.807, 2.05) is 44.2 Å². The molecular formula is C28H34N2O7S. The maximum atomic E-state index is 14.0. The van der Waals surface area contributed by atoms with Crippen LogP contribution in [0.3, 0.4) is 0 Å². The summed E-state index contributed by atoms with van der Waals surface area (Å²) in [7, 11) is 1.49. The number of rotatable bonds is 12. The first-order valence-electron chi connectivity index (χ1n) is 11.9. The van der Waals surface area contributed by atoms with E-state index in [9.17, 15) is 13.2 Å². The molecule has 0 atom stereocenters. The number of anilines is 1. The van der Waals surface area contributed by atoms with E-state index in [0.717, 1.165) is 9.87 Å². The number of amides is 1. The van der Waals surface area contributed by atoms with Gasteiger partial charge >= 0.3 is 0 Å². The zero-order chi connectivity index (χ0) is 27.9. The Balaban J connectivity index is 2.03. The smallest absolute Gasteiger partial charge is 0.265 e. The van der Waals surface area contributed by atoms with Crippen LogP contribution in [0.5, 0.6) is 23.0 Å². The van der Waals surface area contributed by atoms with Gasteiger partial charge in [0.2, 0.25) is 5.91 Å². The summed E-state index contributed by atoms with van der Waals surface area (Å²) < 4.78 is 50.4. The highest BCUT2D eigenvalue weighted by Gasteiger charge is 2.32. The van der Waals surface area contributed by atoms with Gasteiger partial charge in [-0.2, -0.15) is 0 Å². The number of nitrogens with one attached hydrogen (secondary N) is 1. The fraction of sp³-hybridized carbons (Fsp3) is 0.321. The minimum Gasteiger partial charge on any atom is -0.497 e.